The van der Waals surface area contributed by atoms with Gasteiger partial charge in [-0.1, -0.05) is 66.7 Å². The maximum atomic E-state index is 15.4. The molecular weight excluding hydrogens is 746 g/mol. The number of carbonyl (C=O) groups is 4. The van der Waals surface area contributed by atoms with Gasteiger partial charge in [0, 0.05) is 26.3 Å². The van der Waals surface area contributed by atoms with Crippen molar-refractivity contribution >= 4 is 29.8 Å². The third kappa shape index (κ3) is 8.32. The Morgan fingerprint density at radius 1 is 1.03 bits per heavy atom. The summed E-state index contributed by atoms with van der Waals surface area (Å²) in [6.45, 7) is 5.03. The van der Waals surface area contributed by atoms with Crippen LogP contribution in [-0.4, -0.2) is 120 Å². The number of aliphatic hydroxyl groups is 1. The average Bonchev–Trinajstić information content (AvgIpc) is 3.63. The van der Waals surface area contributed by atoms with Crippen LogP contribution in [-0.2, 0) is 60.7 Å². The van der Waals surface area contributed by atoms with Crippen LogP contribution in [0.25, 0.3) is 6.08 Å². The Morgan fingerprint density at radius 3 is 2.57 bits per heavy atom. The average molecular weight is 802 g/mol. The first kappa shape index (κ1) is 40.6. The summed E-state index contributed by atoms with van der Waals surface area (Å²) in [6, 6.07) is 14.3. The lowest BCUT2D eigenvalue weighted by Gasteiger charge is -2.50. The number of hydroxylamine groups is 2. The van der Waals surface area contributed by atoms with Gasteiger partial charge >= 0.3 is 11.9 Å². The van der Waals surface area contributed by atoms with Crippen molar-refractivity contribution in [3.8, 4) is 0 Å². The molecule has 11 atom stereocenters. The standard InChI is InChI=1S/C44H55N3O11/c1-43(2,3)57-35(49)18-16-30(24-48)45-40(50)31(20-26-9-6-5-7-10-26)46(4)42(52)44-22-34-36-37(54-25-53-36)39(44)58-47(38(44)41(51)56-34)23-29-12-8-11-27(19-29)13-14-28-15-17-32-33(21-28)55-32/h5-14,19,28,30-34,36-39,48H,15-18,20-25H2,1-4H3,(H,45,50)/t28?,30-,31+,32?,33?,34+,36-,37-,38-,39+,44-/m0/s1. The first-order valence-electron chi connectivity index (χ1n) is 20.6. The highest BCUT2D eigenvalue weighted by molar-refractivity contribution is 5.96. The summed E-state index contributed by atoms with van der Waals surface area (Å²) in [7, 11) is 1.56. The zero-order chi connectivity index (χ0) is 40.8. The SMILES string of the molecule is CN(C(=O)[C@@]12C[C@H]3OC(=O)[C@@H]1N(Cc1cccc(C=CC4CCC5OC5C4)c1)O[C@@H]2[C@H]1OCO[C@H]13)[C@H](Cc1ccccc1)C(=O)N[C@H](CO)CCC(=O)OC(C)(C)C. The maximum absolute atomic E-state index is 15.4. The number of nitrogens with one attached hydrogen (secondary N) is 1. The monoisotopic (exact) mass is 801 g/mol. The van der Waals surface area contributed by atoms with Crippen LogP contribution in [0.5, 0.6) is 0 Å². The molecule has 2 aromatic carbocycles. The van der Waals surface area contributed by atoms with Gasteiger partial charge in [-0.15, -0.1) is 0 Å². The predicted molar refractivity (Wildman–Crippen MR) is 208 cm³/mol. The molecule has 312 valence electrons. The highest BCUT2D eigenvalue weighted by Gasteiger charge is 2.75. The first-order chi connectivity index (χ1) is 27.8. The lowest BCUT2D eigenvalue weighted by molar-refractivity contribution is -0.204. The number of amides is 2. The summed E-state index contributed by atoms with van der Waals surface area (Å²) < 4.78 is 29.1. The minimum Gasteiger partial charge on any atom is -0.460 e. The number of benzene rings is 2. The van der Waals surface area contributed by atoms with Crippen LogP contribution in [0.1, 0.15) is 76.0 Å². The van der Waals surface area contributed by atoms with E-state index in [2.05, 4.69) is 23.5 Å². The Labute approximate surface area is 339 Å². The zero-order valence-corrected chi connectivity index (χ0v) is 33.6. The van der Waals surface area contributed by atoms with Crippen molar-refractivity contribution in [1.29, 1.82) is 0 Å². The van der Waals surface area contributed by atoms with E-state index in [0.29, 0.717) is 18.1 Å². The Bertz CT molecular complexity index is 1880. The summed E-state index contributed by atoms with van der Waals surface area (Å²) >= 11 is 0. The van der Waals surface area contributed by atoms with E-state index >= 15 is 4.79 Å². The molecule has 14 nitrogen and oxygen atoms in total. The second-order valence-corrected chi connectivity index (χ2v) is 17.6. The maximum Gasteiger partial charge on any atom is 0.327 e. The number of nitrogens with zero attached hydrogens (tertiary/aromatic N) is 2. The summed E-state index contributed by atoms with van der Waals surface area (Å²) in [6.07, 6.45) is 5.82. The number of likely N-dealkylation sites (N-methyl/N-ethyl adjacent to an activating group) is 1. The molecule has 4 saturated heterocycles. The Balaban J connectivity index is 1.05. The number of esters is 2. The minimum atomic E-state index is -1.48. The van der Waals surface area contributed by atoms with Gasteiger partial charge in [0.05, 0.1) is 31.4 Å². The van der Waals surface area contributed by atoms with E-state index < -0.39 is 83.9 Å². The van der Waals surface area contributed by atoms with Crippen LogP contribution in [0.15, 0.2) is 60.7 Å². The van der Waals surface area contributed by atoms with Gasteiger partial charge in [-0.25, -0.2) is 0 Å². The number of hydrogen-bond acceptors (Lipinski definition) is 12. The molecule has 3 unspecified atom stereocenters. The van der Waals surface area contributed by atoms with Crippen LogP contribution < -0.4 is 5.32 Å². The molecule has 0 radical (unpaired) electrons. The molecule has 4 aliphatic heterocycles. The molecule has 2 N–H and O–H groups in total. The van der Waals surface area contributed by atoms with E-state index in [9.17, 15) is 19.5 Å². The molecule has 2 aliphatic carbocycles. The number of epoxide rings is 1. The number of hydrogen-bond donors (Lipinski definition) is 2. The van der Waals surface area contributed by atoms with Crippen LogP contribution in [0.3, 0.4) is 0 Å². The quantitative estimate of drug-likeness (QED) is 0.212. The molecule has 6 aliphatic rings. The van der Waals surface area contributed by atoms with Gasteiger partial charge in [-0.05, 0) is 69.1 Å². The Kier molecular flexibility index (Phi) is 11.5. The molecule has 8 rings (SSSR count). The molecule has 2 saturated carbocycles. The highest BCUT2D eigenvalue weighted by atomic mass is 16.8. The molecule has 6 fully saturated rings. The second-order valence-electron chi connectivity index (χ2n) is 17.6. The first-order valence-corrected chi connectivity index (χ1v) is 20.6. The minimum absolute atomic E-state index is 0.0232. The van der Waals surface area contributed by atoms with Gasteiger partial charge in [0.15, 0.2) is 6.04 Å². The second kappa shape index (κ2) is 16.5. The molecule has 0 aromatic heterocycles. The van der Waals surface area contributed by atoms with Gasteiger partial charge in [0.25, 0.3) is 0 Å². The van der Waals surface area contributed by atoms with E-state index in [1.807, 2.05) is 48.5 Å². The van der Waals surface area contributed by atoms with Crippen molar-refractivity contribution in [2.75, 3.05) is 20.4 Å². The molecule has 14 heteroatoms. The van der Waals surface area contributed by atoms with Gasteiger partial charge in [-0.3, -0.25) is 24.0 Å². The van der Waals surface area contributed by atoms with E-state index in [1.54, 1.807) is 32.9 Å². The van der Waals surface area contributed by atoms with E-state index in [0.717, 1.165) is 36.0 Å². The molecule has 2 aromatic rings. The molecule has 4 heterocycles. The lowest BCUT2D eigenvalue weighted by Crippen LogP contribution is -2.70. The Morgan fingerprint density at radius 2 is 1.81 bits per heavy atom. The molecule has 0 spiro atoms. The largest absolute Gasteiger partial charge is 0.460 e. The third-order valence-electron chi connectivity index (χ3n) is 12.4. The van der Waals surface area contributed by atoms with Crippen LogP contribution in [0.4, 0.5) is 0 Å². The van der Waals surface area contributed by atoms with E-state index in [1.165, 1.54) is 4.90 Å². The molecule has 2 amide bonds. The number of aliphatic hydroxyl groups excluding tert-OH is 1. The smallest absolute Gasteiger partial charge is 0.327 e. The van der Waals surface area contributed by atoms with Crippen LogP contribution in [0.2, 0.25) is 0 Å². The summed E-state index contributed by atoms with van der Waals surface area (Å²) in [5.41, 5.74) is 0.535. The summed E-state index contributed by atoms with van der Waals surface area (Å²) in [4.78, 5) is 64.4. The number of rotatable bonds is 14. The Hall–Kier alpha value is -4.18. The van der Waals surface area contributed by atoms with Crippen molar-refractivity contribution in [2.24, 2.45) is 11.3 Å². The van der Waals surface area contributed by atoms with Crippen LogP contribution >= 0.6 is 0 Å². The fourth-order valence-electron chi connectivity index (χ4n) is 9.55. The van der Waals surface area contributed by atoms with Crippen molar-refractivity contribution < 1.29 is 52.8 Å². The third-order valence-corrected chi connectivity index (χ3v) is 12.4. The van der Waals surface area contributed by atoms with Crippen molar-refractivity contribution in [2.45, 2.75) is 133 Å². The van der Waals surface area contributed by atoms with Gasteiger partial charge < -0.3 is 39.0 Å². The molecule has 58 heavy (non-hydrogen) atoms. The summed E-state index contributed by atoms with van der Waals surface area (Å²) in [5.74, 6) is -1.57. The molecule has 2 bridgehead atoms. The molecular formula is C44H55N3O11. The van der Waals surface area contributed by atoms with Gasteiger partial charge in [0.1, 0.15) is 48.3 Å². The van der Waals surface area contributed by atoms with E-state index in [4.69, 9.17) is 28.5 Å². The van der Waals surface area contributed by atoms with E-state index in [-0.39, 0.29) is 39.0 Å². The number of ether oxygens (including phenoxy) is 5. The predicted octanol–water partition coefficient (Wildman–Crippen LogP) is 3.48. The van der Waals surface area contributed by atoms with Gasteiger partial charge in [0.2, 0.25) is 11.8 Å². The lowest BCUT2D eigenvalue weighted by atomic mass is 9.62. The number of fused-ring (bicyclic) bond motifs is 5. The topological polar surface area (TPSA) is 166 Å². The summed E-state index contributed by atoms with van der Waals surface area (Å²) in [5, 5.41) is 14.7. The van der Waals surface area contributed by atoms with Crippen molar-refractivity contribution in [1.82, 2.24) is 15.3 Å². The van der Waals surface area contributed by atoms with Crippen molar-refractivity contribution in [3.63, 3.8) is 0 Å². The number of allylic oxidation sites excluding steroid dienone is 1. The van der Waals surface area contributed by atoms with Gasteiger partial charge in [-0.2, -0.15) is 5.06 Å². The highest BCUT2D eigenvalue weighted by Crippen LogP contribution is 2.56. The van der Waals surface area contributed by atoms with Crippen molar-refractivity contribution in [3.05, 3.63) is 77.4 Å². The normalized spacial score (nSPS) is 32.1. The van der Waals surface area contributed by atoms with Crippen LogP contribution in [0, 0.1) is 11.3 Å². The fraction of sp³-hybridized carbons (Fsp3) is 0.591. The number of carbonyl (C=O) groups excluding carboxylic acids is 4. The fourth-order valence-corrected chi connectivity index (χ4v) is 9.55. The zero-order valence-electron chi connectivity index (χ0n) is 33.6.